The van der Waals surface area contributed by atoms with E-state index in [-0.39, 0.29) is 0 Å². The first-order valence-corrected chi connectivity index (χ1v) is 9.04. The highest BCUT2D eigenvalue weighted by Crippen LogP contribution is 2.37. The van der Waals surface area contributed by atoms with Crippen molar-refractivity contribution in [1.29, 1.82) is 0 Å². The minimum atomic E-state index is 0.393. The molecule has 0 spiro atoms. The molecule has 3 aromatic rings. The Morgan fingerprint density at radius 3 is 2.32 bits per heavy atom. The van der Waals surface area contributed by atoms with Crippen LogP contribution in [0.25, 0.3) is 22.3 Å². The van der Waals surface area contributed by atoms with E-state index in [2.05, 4.69) is 26.8 Å². The van der Waals surface area contributed by atoms with Gasteiger partial charge >= 0.3 is 0 Å². The van der Waals surface area contributed by atoms with Crippen molar-refractivity contribution in [3.63, 3.8) is 0 Å². The Hall–Kier alpha value is -1.88. The monoisotopic (exact) mass is 372 g/mol. The Balaban J connectivity index is 1.78. The SMILES string of the molecule is CN1CCN(c2ccc3nc(-c4ccccc4)nc(Cl)c3c2Cl)CC1. The minimum Gasteiger partial charge on any atom is -0.368 e. The van der Waals surface area contributed by atoms with Crippen LogP contribution in [0.15, 0.2) is 42.5 Å². The van der Waals surface area contributed by atoms with Gasteiger partial charge in [-0.25, -0.2) is 9.97 Å². The van der Waals surface area contributed by atoms with Crippen LogP contribution in [0.1, 0.15) is 0 Å². The van der Waals surface area contributed by atoms with E-state index >= 15 is 0 Å². The second kappa shape index (κ2) is 6.79. The topological polar surface area (TPSA) is 32.3 Å². The van der Waals surface area contributed by atoms with Gasteiger partial charge in [0, 0.05) is 31.7 Å². The van der Waals surface area contributed by atoms with E-state index in [1.54, 1.807) is 0 Å². The summed E-state index contributed by atoms with van der Waals surface area (Å²) in [5, 5.41) is 1.75. The highest BCUT2D eigenvalue weighted by atomic mass is 35.5. The minimum absolute atomic E-state index is 0.393. The van der Waals surface area contributed by atoms with E-state index in [1.807, 2.05) is 42.5 Å². The Labute approximate surface area is 157 Å². The van der Waals surface area contributed by atoms with Crippen molar-refractivity contribution in [2.24, 2.45) is 0 Å². The predicted molar refractivity (Wildman–Crippen MR) is 105 cm³/mol. The fourth-order valence-electron chi connectivity index (χ4n) is 3.14. The van der Waals surface area contributed by atoms with Crippen molar-refractivity contribution < 1.29 is 0 Å². The van der Waals surface area contributed by atoms with Gasteiger partial charge in [-0.1, -0.05) is 53.5 Å². The molecule has 2 aromatic carbocycles. The third-order valence-electron chi connectivity index (χ3n) is 4.61. The summed E-state index contributed by atoms with van der Waals surface area (Å²) in [5.41, 5.74) is 2.70. The molecule has 0 unspecified atom stereocenters. The van der Waals surface area contributed by atoms with Gasteiger partial charge in [-0.2, -0.15) is 0 Å². The number of hydrogen-bond acceptors (Lipinski definition) is 4. The summed E-state index contributed by atoms with van der Waals surface area (Å²) in [4.78, 5) is 13.7. The number of halogens is 2. The molecule has 1 fully saturated rings. The number of anilines is 1. The molecular weight excluding hydrogens is 355 g/mol. The second-order valence-electron chi connectivity index (χ2n) is 6.29. The van der Waals surface area contributed by atoms with Crippen molar-refractivity contribution in [2.75, 3.05) is 38.1 Å². The van der Waals surface area contributed by atoms with E-state index < -0.39 is 0 Å². The molecule has 25 heavy (non-hydrogen) atoms. The molecule has 6 heteroatoms. The molecule has 1 saturated heterocycles. The molecule has 0 N–H and O–H groups in total. The first-order chi connectivity index (χ1) is 12.1. The van der Waals surface area contributed by atoms with Crippen molar-refractivity contribution in [1.82, 2.24) is 14.9 Å². The summed E-state index contributed by atoms with van der Waals surface area (Å²) in [6.45, 7) is 3.93. The van der Waals surface area contributed by atoms with Gasteiger partial charge in [0.25, 0.3) is 0 Å². The van der Waals surface area contributed by atoms with E-state index in [0.29, 0.717) is 16.0 Å². The molecule has 0 saturated carbocycles. The fraction of sp³-hybridized carbons (Fsp3) is 0.263. The summed E-state index contributed by atoms with van der Waals surface area (Å²) < 4.78 is 0. The number of benzene rings is 2. The van der Waals surface area contributed by atoms with Crippen molar-refractivity contribution in [3.8, 4) is 11.4 Å². The lowest BCUT2D eigenvalue weighted by molar-refractivity contribution is 0.313. The largest absolute Gasteiger partial charge is 0.368 e. The van der Waals surface area contributed by atoms with Crippen LogP contribution in [-0.4, -0.2) is 48.1 Å². The van der Waals surface area contributed by atoms with Crippen LogP contribution >= 0.6 is 23.2 Å². The molecular formula is C19H18Cl2N4. The van der Waals surface area contributed by atoms with Gasteiger partial charge in [0.1, 0.15) is 5.15 Å². The highest BCUT2D eigenvalue weighted by molar-refractivity contribution is 6.43. The van der Waals surface area contributed by atoms with Gasteiger partial charge < -0.3 is 9.80 Å². The molecule has 1 aliphatic heterocycles. The Morgan fingerprint density at radius 2 is 1.60 bits per heavy atom. The van der Waals surface area contributed by atoms with Crippen LogP contribution in [0.5, 0.6) is 0 Å². The average molecular weight is 373 g/mol. The normalized spacial score (nSPS) is 15.7. The third kappa shape index (κ3) is 3.17. The van der Waals surface area contributed by atoms with Gasteiger partial charge in [-0.3, -0.25) is 0 Å². The zero-order chi connectivity index (χ0) is 17.4. The van der Waals surface area contributed by atoms with Crippen LogP contribution in [0.2, 0.25) is 10.2 Å². The maximum absolute atomic E-state index is 6.70. The molecule has 1 aromatic heterocycles. The number of fused-ring (bicyclic) bond motifs is 1. The predicted octanol–water partition coefficient (Wildman–Crippen LogP) is 4.36. The highest BCUT2D eigenvalue weighted by Gasteiger charge is 2.20. The lowest BCUT2D eigenvalue weighted by Crippen LogP contribution is -2.44. The molecule has 4 rings (SSSR count). The van der Waals surface area contributed by atoms with Crippen LogP contribution in [-0.2, 0) is 0 Å². The number of likely N-dealkylation sites (N-methyl/N-ethyl adjacent to an activating group) is 1. The molecule has 0 bridgehead atoms. The Kier molecular flexibility index (Phi) is 4.50. The smallest absolute Gasteiger partial charge is 0.161 e. The average Bonchev–Trinajstić information content (AvgIpc) is 2.63. The van der Waals surface area contributed by atoms with E-state index in [4.69, 9.17) is 23.2 Å². The quantitative estimate of drug-likeness (QED) is 0.625. The second-order valence-corrected chi connectivity index (χ2v) is 7.02. The molecule has 2 heterocycles. The molecule has 4 nitrogen and oxygen atoms in total. The molecule has 0 aliphatic carbocycles. The number of rotatable bonds is 2. The molecule has 0 radical (unpaired) electrons. The fourth-order valence-corrected chi connectivity index (χ4v) is 3.83. The van der Waals surface area contributed by atoms with Gasteiger partial charge in [0.2, 0.25) is 0 Å². The molecule has 128 valence electrons. The van der Waals surface area contributed by atoms with Crippen LogP contribution < -0.4 is 4.90 Å². The van der Waals surface area contributed by atoms with Gasteiger partial charge in [-0.05, 0) is 19.2 Å². The summed E-state index contributed by atoms with van der Waals surface area (Å²) in [6.07, 6.45) is 0. The van der Waals surface area contributed by atoms with Crippen LogP contribution in [0, 0.1) is 0 Å². The number of aromatic nitrogens is 2. The molecule has 0 amide bonds. The zero-order valence-corrected chi connectivity index (χ0v) is 15.4. The third-order valence-corrected chi connectivity index (χ3v) is 5.27. The van der Waals surface area contributed by atoms with E-state index in [9.17, 15) is 0 Å². The number of nitrogens with zero attached hydrogens (tertiary/aromatic N) is 4. The summed E-state index contributed by atoms with van der Waals surface area (Å²) in [6, 6.07) is 13.8. The first-order valence-electron chi connectivity index (χ1n) is 8.28. The number of hydrogen-bond donors (Lipinski definition) is 0. The standard InChI is InChI=1S/C19H18Cl2N4/c1-24-9-11-25(12-10-24)15-8-7-14-16(17(15)20)18(21)23-19(22-14)13-5-3-2-4-6-13/h2-8H,9-12H2,1H3. The maximum Gasteiger partial charge on any atom is 0.161 e. The summed E-state index contributed by atoms with van der Waals surface area (Å²) in [7, 11) is 2.13. The van der Waals surface area contributed by atoms with Gasteiger partial charge in [0.15, 0.2) is 5.82 Å². The van der Waals surface area contributed by atoms with E-state index in [0.717, 1.165) is 48.3 Å². The van der Waals surface area contributed by atoms with E-state index in [1.165, 1.54) is 0 Å². The first kappa shape index (κ1) is 16.6. The molecule has 1 aliphatic rings. The molecule has 0 atom stereocenters. The lowest BCUT2D eigenvalue weighted by Gasteiger charge is -2.34. The Morgan fingerprint density at radius 1 is 0.880 bits per heavy atom. The number of piperazine rings is 1. The zero-order valence-electron chi connectivity index (χ0n) is 13.9. The van der Waals surface area contributed by atoms with Crippen LogP contribution in [0.4, 0.5) is 5.69 Å². The van der Waals surface area contributed by atoms with Gasteiger partial charge in [-0.15, -0.1) is 0 Å². The summed E-state index contributed by atoms with van der Waals surface area (Å²) in [5.74, 6) is 0.613. The van der Waals surface area contributed by atoms with Crippen molar-refractivity contribution in [2.45, 2.75) is 0 Å². The lowest BCUT2D eigenvalue weighted by atomic mass is 10.1. The van der Waals surface area contributed by atoms with Crippen molar-refractivity contribution in [3.05, 3.63) is 52.6 Å². The maximum atomic E-state index is 6.70. The van der Waals surface area contributed by atoms with Gasteiger partial charge in [0.05, 0.1) is 21.6 Å². The van der Waals surface area contributed by atoms with Crippen molar-refractivity contribution >= 4 is 39.8 Å². The Bertz CT molecular complexity index is 906. The van der Waals surface area contributed by atoms with Crippen LogP contribution in [0.3, 0.4) is 0 Å². The summed E-state index contributed by atoms with van der Waals surface area (Å²) >= 11 is 13.2.